The molecule has 11 heteroatoms. The Balaban J connectivity index is 2.07. The number of aryl methyl sites for hydroxylation is 1. The molecule has 0 radical (unpaired) electrons. The number of alkyl halides is 4. The van der Waals surface area contributed by atoms with Gasteiger partial charge in [-0.25, -0.2) is 31.9 Å². The number of nitrogens with one attached hydrogen (secondary N) is 1. The van der Waals surface area contributed by atoms with Crippen molar-refractivity contribution < 1.29 is 31.2 Å². The van der Waals surface area contributed by atoms with Crippen LogP contribution in [0.4, 0.5) is 27.6 Å². The van der Waals surface area contributed by atoms with E-state index in [-0.39, 0.29) is 17.3 Å². The summed E-state index contributed by atoms with van der Waals surface area (Å²) in [4.78, 5) is 19.2. The molecule has 2 heterocycles. The number of nitrogens with zero attached hydrogens (tertiary/aromatic N) is 2. The van der Waals surface area contributed by atoms with E-state index in [4.69, 9.17) is 10.2 Å². The van der Waals surface area contributed by atoms with Crippen LogP contribution in [0.5, 0.6) is 0 Å². The first kappa shape index (κ1) is 19.8. The standard InChI is InChI=1S/C17H15F5N4O2/c1-8-24-12(7-28-8)14(27)25-9-2-3-11(18)10(6-9)17(15(19)20)16(21,22)5-4-13(23)26-17/h2-3,6-7,15H,4-5H2,1H3,(H2,23,26)(H,25,27)/t17-/m0/s1. The van der Waals surface area contributed by atoms with Gasteiger partial charge in [0.15, 0.2) is 11.6 Å². The van der Waals surface area contributed by atoms with Gasteiger partial charge in [-0.05, 0) is 18.2 Å². The molecule has 1 aliphatic heterocycles. The van der Waals surface area contributed by atoms with Gasteiger partial charge in [-0.3, -0.25) is 4.79 Å². The quantitative estimate of drug-likeness (QED) is 0.764. The van der Waals surface area contributed by atoms with E-state index in [2.05, 4.69) is 15.3 Å². The zero-order valence-corrected chi connectivity index (χ0v) is 14.5. The van der Waals surface area contributed by atoms with Gasteiger partial charge in [0, 0.05) is 31.0 Å². The SMILES string of the molecule is Cc1nc(C(=O)Nc2ccc(F)c([C@@]3(C(F)F)N=C(N)CCC3(F)F)c2)co1. The molecule has 2 aromatic rings. The van der Waals surface area contributed by atoms with Crippen LogP contribution in [-0.2, 0) is 5.54 Å². The van der Waals surface area contributed by atoms with Gasteiger partial charge in [0.25, 0.3) is 18.3 Å². The summed E-state index contributed by atoms with van der Waals surface area (Å²) in [6.45, 7) is 1.49. The molecule has 3 rings (SSSR count). The minimum atomic E-state index is -4.06. The number of aliphatic imine (C=N–C) groups is 1. The van der Waals surface area contributed by atoms with Gasteiger partial charge in [0.05, 0.1) is 5.84 Å². The van der Waals surface area contributed by atoms with Gasteiger partial charge < -0.3 is 15.5 Å². The molecule has 0 fully saturated rings. The number of oxazole rings is 1. The third-order valence-electron chi connectivity index (χ3n) is 4.38. The third-order valence-corrected chi connectivity index (χ3v) is 4.38. The lowest BCUT2D eigenvalue weighted by atomic mass is 9.79. The number of aromatic nitrogens is 1. The topological polar surface area (TPSA) is 93.5 Å². The van der Waals surface area contributed by atoms with Crippen LogP contribution in [0.2, 0.25) is 0 Å². The van der Waals surface area contributed by atoms with E-state index in [0.29, 0.717) is 12.1 Å². The highest BCUT2D eigenvalue weighted by molar-refractivity contribution is 6.02. The average molecular weight is 402 g/mol. The Bertz CT molecular complexity index is 943. The fourth-order valence-corrected chi connectivity index (χ4v) is 2.98. The van der Waals surface area contributed by atoms with Crippen molar-refractivity contribution in [2.75, 3.05) is 5.32 Å². The van der Waals surface area contributed by atoms with Crippen LogP contribution in [-0.4, -0.2) is 29.1 Å². The molecule has 1 aliphatic rings. The molecule has 150 valence electrons. The molecule has 0 aliphatic carbocycles. The molecular weight excluding hydrogens is 387 g/mol. The number of benzene rings is 1. The van der Waals surface area contributed by atoms with Gasteiger partial charge in [0.2, 0.25) is 5.54 Å². The Morgan fingerprint density at radius 2 is 2.07 bits per heavy atom. The van der Waals surface area contributed by atoms with Crippen LogP contribution in [0.3, 0.4) is 0 Å². The van der Waals surface area contributed by atoms with E-state index in [1.165, 1.54) is 6.92 Å². The molecule has 1 amide bonds. The second-order valence-electron chi connectivity index (χ2n) is 6.28. The maximum absolute atomic E-state index is 14.6. The van der Waals surface area contributed by atoms with Crippen molar-refractivity contribution in [3.63, 3.8) is 0 Å². The Labute approximate surface area is 155 Å². The van der Waals surface area contributed by atoms with Crippen LogP contribution in [0.25, 0.3) is 0 Å². The summed E-state index contributed by atoms with van der Waals surface area (Å²) in [5, 5.41) is 2.28. The molecule has 0 saturated heterocycles. The first-order chi connectivity index (χ1) is 13.1. The van der Waals surface area contributed by atoms with Crippen molar-refractivity contribution in [3.8, 4) is 0 Å². The first-order valence-corrected chi connectivity index (χ1v) is 8.10. The Kier molecular flexibility index (Phi) is 4.86. The minimum Gasteiger partial charge on any atom is -0.448 e. The minimum absolute atomic E-state index is 0.128. The third kappa shape index (κ3) is 3.20. The Morgan fingerprint density at radius 3 is 2.68 bits per heavy atom. The molecule has 1 atom stereocenters. The number of anilines is 1. The molecule has 0 unspecified atom stereocenters. The predicted octanol–water partition coefficient (Wildman–Crippen LogP) is 3.62. The first-order valence-electron chi connectivity index (χ1n) is 8.10. The monoisotopic (exact) mass is 402 g/mol. The molecule has 28 heavy (non-hydrogen) atoms. The molecule has 0 bridgehead atoms. The summed E-state index contributed by atoms with van der Waals surface area (Å²) in [5.41, 5.74) is 0.541. The van der Waals surface area contributed by atoms with Crippen LogP contribution in [0.15, 0.2) is 33.9 Å². The average Bonchev–Trinajstić information content (AvgIpc) is 3.05. The van der Waals surface area contributed by atoms with Crippen molar-refractivity contribution in [1.29, 1.82) is 0 Å². The summed E-state index contributed by atoms with van der Waals surface area (Å²) in [5.74, 6) is -6.41. The highest BCUT2D eigenvalue weighted by Crippen LogP contribution is 2.51. The van der Waals surface area contributed by atoms with Crippen LogP contribution in [0, 0.1) is 12.7 Å². The van der Waals surface area contributed by atoms with Crippen LogP contribution >= 0.6 is 0 Å². The maximum Gasteiger partial charge on any atom is 0.283 e. The van der Waals surface area contributed by atoms with Crippen molar-refractivity contribution >= 4 is 17.4 Å². The molecule has 6 nitrogen and oxygen atoms in total. The van der Waals surface area contributed by atoms with Gasteiger partial charge in [-0.2, -0.15) is 0 Å². The summed E-state index contributed by atoms with van der Waals surface area (Å²) >= 11 is 0. The smallest absolute Gasteiger partial charge is 0.283 e. The zero-order valence-electron chi connectivity index (χ0n) is 14.5. The summed E-state index contributed by atoms with van der Waals surface area (Å²) in [7, 11) is 0. The summed E-state index contributed by atoms with van der Waals surface area (Å²) in [6, 6.07) is 2.43. The highest BCUT2D eigenvalue weighted by Gasteiger charge is 2.63. The van der Waals surface area contributed by atoms with E-state index in [1.54, 1.807) is 0 Å². The van der Waals surface area contributed by atoms with Crippen molar-refractivity contribution in [3.05, 3.63) is 47.4 Å². The molecule has 0 spiro atoms. The van der Waals surface area contributed by atoms with Crippen molar-refractivity contribution in [1.82, 2.24) is 4.98 Å². The van der Waals surface area contributed by atoms with E-state index in [0.717, 1.165) is 12.3 Å². The van der Waals surface area contributed by atoms with Gasteiger partial charge in [0.1, 0.15) is 12.1 Å². The second-order valence-corrected chi connectivity index (χ2v) is 6.28. The van der Waals surface area contributed by atoms with Crippen molar-refractivity contribution in [2.45, 2.75) is 37.7 Å². The number of hydrogen-bond acceptors (Lipinski definition) is 5. The second kappa shape index (κ2) is 6.88. The lowest BCUT2D eigenvalue weighted by Crippen LogP contribution is -2.54. The number of carbonyl (C=O) groups is 1. The molecule has 1 aromatic carbocycles. The largest absolute Gasteiger partial charge is 0.448 e. The molecule has 1 aromatic heterocycles. The van der Waals surface area contributed by atoms with E-state index < -0.39 is 53.9 Å². The summed E-state index contributed by atoms with van der Waals surface area (Å²) in [6.07, 6.45) is -4.11. The normalized spacial score (nSPS) is 21.5. The highest BCUT2D eigenvalue weighted by atomic mass is 19.3. The number of amidine groups is 1. The van der Waals surface area contributed by atoms with E-state index in [9.17, 15) is 26.7 Å². The fourth-order valence-electron chi connectivity index (χ4n) is 2.98. The molecule has 3 N–H and O–H groups in total. The predicted molar refractivity (Wildman–Crippen MR) is 89.1 cm³/mol. The number of hydrogen-bond donors (Lipinski definition) is 2. The number of rotatable bonds is 4. The Hall–Kier alpha value is -2.98. The molecular formula is C17H15F5N4O2. The number of amides is 1. The van der Waals surface area contributed by atoms with E-state index in [1.807, 2.05) is 0 Å². The molecule has 0 saturated carbocycles. The van der Waals surface area contributed by atoms with Gasteiger partial charge in [-0.15, -0.1) is 0 Å². The zero-order chi connectivity index (χ0) is 20.7. The van der Waals surface area contributed by atoms with Crippen LogP contribution < -0.4 is 11.1 Å². The fraction of sp³-hybridized carbons (Fsp3) is 0.353. The number of nitrogens with two attached hydrogens (primary N) is 1. The van der Waals surface area contributed by atoms with Gasteiger partial charge >= 0.3 is 0 Å². The summed E-state index contributed by atoms with van der Waals surface area (Å²) < 4.78 is 76.1. The van der Waals surface area contributed by atoms with E-state index >= 15 is 0 Å². The Morgan fingerprint density at radius 1 is 1.36 bits per heavy atom. The van der Waals surface area contributed by atoms with Crippen molar-refractivity contribution in [2.24, 2.45) is 10.7 Å². The number of halogens is 5. The van der Waals surface area contributed by atoms with Crippen LogP contribution in [0.1, 0.15) is 34.8 Å². The van der Waals surface area contributed by atoms with Gasteiger partial charge in [-0.1, -0.05) is 0 Å². The lowest BCUT2D eigenvalue weighted by molar-refractivity contribution is -0.145. The number of carbonyl (C=O) groups excluding carboxylic acids is 1. The maximum atomic E-state index is 14.6. The lowest BCUT2D eigenvalue weighted by Gasteiger charge is -2.40.